The van der Waals surface area contributed by atoms with Crippen LogP contribution in [-0.2, 0) is 0 Å². The number of nitrogens with zero attached hydrogens (tertiary/aromatic N) is 3. The highest BCUT2D eigenvalue weighted by atomic mass is 19.1. The molecule has 0 spiro atoms. The molecule has 5 rings (SSSR count). The molecule has 7 heteroatoms. The highest BCUT2D eigenvalue weighted by molar-refractivity contribution is 5.90. The quantitative estimate of drug-likeness (QED) is 0.459. The number of hydrogen-bond donors (Lipinski definition) is 2. The first-order valence-electron chi connectivity index (χ1n) is 10.9. The van der Waals surface area contributed by atoms with Crippen molar-refractivity contribution in [3.8, 4) is 28.1 Å². The summed E-state index contributed by atoms with van der Waals surface area (Å²) in [5, 5.41) is 21.3. The van der Waals surface area contributed by atoms with E-state index in [1.165, 1.54) is 22.4 Å². The van der Waals surface area contributed by atoms with Gasteiger partial charge in [-0.25, -0.2) is 13.9 Å². The summed E-state index contributed by atoms with van der Waals surface area (Å²) in [6, 6.07) is 19.6. The Balaban J connectivity index is 1.49. The number of carboxylic acids is 1. The molecule has 0 aliphatic carbocycles. The van der Waals surface area contributed by atoms with Crippen LogP contribution in [0, 0.1) is 5.82 Å². The van der Waals surface area contributed by atoms with Gasteiger partial charge in [0.25, 0.3) is 0 Å². The minimum absolute atomic E-state index is 0.160. The van der Waals surface area contributed by atoms with Crippen LogP contribution in [0.25, 0.3) is 28.1 Å². The van der Waals surface area contributed by atoms with E-state index in [1.54, 1.807) is 30.5 Å². The standard InChI is InChI=1S/C26H23FN4O2/c27-23-3-1-2-20(13-23)25-16-31(30-29-25)24-14-21(12-22(15-24)26(32)33)18-6-4-17(5-7-18)19-8-10-28-11-9-19/h1-7,12-16,19,28H,8-11H2,(H,32,33). The van der Waals surface area contributed by atoms with E-state index in [-0.39, 0.29) is 11.4 Å². The predicted octanol–water partition coefficient (Wildman–Crippen LogP) is 4.91. The van der Waals surface area contributed by atoms with Crippen molar-refractivity contribution >= 4 is 5.97 Å². The molecule has 166 valence electrons. The van der Waals surface area contributed by atoms with Gasteiger partial charge in [0.1, 0.15) is 11.5 Å². The third-order valence-electron chi connectivity index (χ3n) is 6.10. The second-order valence-electron chi connectivity index (χ2n) is 8.28. The van der Waals surface area contributed by atoms with E-state index < -0.39 is 5.97 Å². The summed E-state index contributed by atoms with van der Waals surface area (Å²) in [6.45, 7) is 2.07. The molecular weight excluding hydrogens is 419 g/mol. The summed E-state index contributed by atoms with van der Waals surface area (Å²) >= 11 is 0. The van der Waals surface area contributed by atoms with Crippen LogP contribution in [0.15, 0.2) is 72.9 Å². The van der Waals surface area contributed by atoms with Crippen molar-refractivity contribution < 1.29 is 14.3 Å². The lowest BCUT2D eigenvalue weighted by molar-refractivity contribution is 0.0697. The van der Waals surface area contributed by atoms with Gasteiger partial charge in [-0.05, 0) is 78.9 Å². The number of carbonyl (C=O) groups is 1. The van der Waals surface area contributed by atoms with E-state index in [1.807, 2.05) is 18.2 Å². The lowest BCUT2D eigenvalue weighted by Crippen LogP contribution is -2.26. The van der Waals surface area contributed by atoms with Gasteiger partial charge in [0.2, 0.25) is 0 Å². The maximum Gasteiger partial charge on any atom is 0.335 e. The normalized spacial score (nSPS) is 14.3. The highest BCUT2D eigenvalue weighted by Gasteiger charge is 2.16. The van der Waals surface area contributed by atoms with Gasteiger partial charge >= 0.3 is 5.97 Å². The van der Waals surface area contributed by atoms with Crippen LogP contribution >= 0.6 is 0 Å². The molecule has 33 heavy (non-hydrogen) atoms. The number of hydrogen-bond acceptors (Lipinski definition) is 4. The van der Waals surface area contributed by atoms with Gasteiger partial charge in [-0.15, -0.1) is 5.10 Å². The van der Waals surface area contributed by atoms with E-state index >= 15 is 0 Å². The molecule has 1 saturated heterocycles. The summed E-state index contributed by atoms with van der Waals surface area (Å²) in [5.41, 5.74) is 4.86. The number of aromatic nitrogens is 3. The number of benzene rings is 3. The number of piperidine rings is 1. The van der Waals surface area contributed by atoms with Crippen molar-refractivity contribution in [1.82, 2.24) is 20.3 Å². The largest absolute Gasteiger partial charge is 0.478 e. The summed E-state index contributed by atoms with van der Waals surface area (Å²) in [5.74, 6) is -0.822. The average Bonchev–Trinajstić information content (AvgIpc) is 3.35. The SMILES string of the molecule is O=C(O)c1cc(-c2ccc(C3CCNCC3)cc2)cc(-n2cc(-c3cccc(F)c3)nn2)c1. The zero-order valence-corrected chi connectivity index (χ0v) is 17.9. The smallest absolute Gasteiger partial charge is 0.335 e. The van der Waals surface area contributed by atoms with Crippen molar-refractivity contribution in [3.05, 3.63) is 89.9 Å². The van der Waals surface area contributed by atoms with Crippen LogP contribution in [-0.4, -0.2) is 39.2 Å². The van der Waals surface area contributed by atoms with E-state index in [0.29, 0.717) is 22.9 Å². The minimum atomic E-state index is -1.02. The van der Waals surface area contributed by atoms with Crippen LogP contribution in [0.4, 0.5) is 4.39 Å². The van der Waals surface area contributed by atoms with Crippen LogP contribution in [0.3, 0.4) is 0 Å². The summed E-state index contributed by atoms with van der Waals surface area (Å²) in [7, 11) is 0. The molecular formula is C26H23FN4O2. The fourth-order valence-corrected chi connectivity index (χ4v) is 4.31. The van der Waals surface area contributed by atoms with Crippen molar-refractivity contribution in [2.24, 2.45) is 0 Å². The second-order valence-corrected chi connectivity index (χ2v) is 8.28. The molecule has 6 nitrogen and oxygen atoms in total. The number of aromatic carboxylic acids is 1. The van der Waals surface area contributed by atoms with E-state index in [9.17, 15) is 14.3 Å². The third-order valence-corrected chi connectivity index (χ3v) is 6.10. The lowest BCUT2D eigenvalue weighted by atomic mass is 9.89. The first-order valence-corrected chi connectivity index (χ1v) is 10.9. The second kappa shape index (κ2) is 8.96. The van der Waals surface area contributed by atoms with Gasteiger partial charge in [0.05, 0.1) is 17.4 Å². The molecule has 0 radical (unpaired) electrons. The van der Waals surface area contributed by atoms with Crippen molar-refractivity contribution in [2.75, 3.05) is 13.1 Å². The number of nitrogens with one attached hydrogen (secondary N) is 1. The molecule has 4 aromatic rings. The lowest BCUT2D eigenvalue weighted by Gasteiger charge is -2.23. The molecule has 0 unspecified atom stereocenters. The Bertz CT molecular complexity index is 1290. The van der Waals surface area contributed by atoms with Gasteiger partial charge in [-0.3, -0.25) is 0 Å². The molecule has 2 N–H and O–H groups in total. The van der Waals surface area contributed by atoms with E-state index in [2.05, 4.69) is 27.8 Å². The van der Waals surface area contributed by atoms with Gasteiger partial charge < -0.3 is 10.4 Å². The molecule has 2 heterocycles. The van der Waals surface area contributed by atoms with Crippen molar-refractivity contribution in [3.63, 3.8) is 0 Å². The zero-order chi connectivity index (χ0) is 22.8. The van der Waals surface area contributed by atoms with Gasteiger partial charge in [0, 0.05) is 5.56 Å². The molecule has 0 amide bonds. The topological polar surface area (TPSA) is 80.0 Å². The number of rotatable bonds is 5. The summed E-state index contributed by atoms with van der Waals surface area (Å²) < 4.78 is 15.1. The van der Waals surface area contributed by atoms with Crippen LogP contribution in [0.2, 0.25) is 0 Å². The maximum atomic E-state index is 13.6. The molecule has 1 aromatic heterocycles. The highest BCUT2D eigenvalue weighted by Crippen LogP contribution is 2.30. The Kier molecular flexibility index (Phi) is 5.71. The van der Waals surface area contributed by atoms with Gasteiger partial charge in [0.15, 0.2) is 0 Å². The zero-order valence-electron chi connectivity index (χ0n) is 17.9. The monoisotopic (exact) mass is 442 g/mol. The maximum absolute atomic E-state index is 13.6. The summed E-state index contributed by atoms with van der Waals surface area (Å²) in [4.78, 5) is 11.8. The molecule has 1 aliphatic heterocycles. The molecule has 3 aromatic carbocycles. The Hall–Kier alpha value is -3.84. The minimum Gasteiger partial charge on any atom is -0.478 e. The fourth-order valence-electron chi connectivity index (χ4n) is 4.31. The first-order chi connectivity index (χ1) is 16.1. The average molecular weight is 442 g/mol. The molecule has 1 aliphatic rings. The van der Waals surface area contributed by atoms with Crippen LogP contribution in [0.5, 0.6) is 0 Å². The van der Waals surface area contributed by atoms with E-state index in [4.69, 9.17) is 0 Å². The van der Waals surface area contributed by atoms with Gasteiger partial charge in [-0.2, -0.15) is 0 Å². The Morgan fingerprint density at radius 2 is 1.76 bits per heavy atom. The Morgan fingerprint density at radius 1 is 0.970 bits per heavy atom. The molecule has 0 saturated carbocycles. The summed E-state index contributed by atoms with van der Waals surface area (Å²) in [6.07, 6.45) is 3.91. The van der Waals surface area contributed by atoms with Gasteiger partial charge in [-0.1, -0.05) is 41.6 Å². The third kappa shape index (κ3) is 4.54. The van der Waals surface area contributed by atoms with Crippen LogP contribution in [0.1, 0.15) is 34.7 Å². The van der Waals surface area contributed by atoms with E-state index in [0.717, 1.165) is 37.1 Å². The number of carboxylic acid groups (broad SMARTS) is 1. The Labute approximate surface area is 190 Å². The predicted molar refractivity (Wildman–Crippen MR) is 124 cm³/mol. The number of halogens is 1. The first kappa shape index (κ1) is 21.0. The molecule has 0 bridgehead atoms. The van der Waals surface area contributed by atoms with Crippen molar-refractivity contribution in [1.29, 1.82) is 0 Å². The fraction of sp³-hybridized carbons (Fsp3) is 0.192. The van der Waals surface area contributed by atoms with Crippen LogP contribution < -0.4 is 5.32 Å². The molecule has 1 fully saturated rings. The van der Waals surface area contributed by atoms with Crippen molar-refractivity contribution in [2.45, 2.75) is 18.8 Å². The molecule has 0 atom stereocenters. The Morgan fingerprint density at radius 3 is 2.48 bits per heavy atom.